The summed E-state index contributed by atoms with van der Waals surface area (Å²) in [5.41, 5.74) is 2.51. The van der Waals surface area contributed by atoms with Crippen LogP contribution in [0.3, 0.4) is 0 Å². The zero-order chi connectivity index (χ0) is 19.7. The summed E-state index contributed by atoms with van der Waals surface area (Å²) < 4.78 is 27.7. The molecule has 0 N–H and O–H groups in total. The summed E-state index contributed by atoms with van der Waals surface area (Å²) in [5.74, 6) is 0.217. The van der Waals surface area contributed by atoms with Gasteiger partial charge in [0.25, 0.3) is 5.91 Å². The lowest BCUT2D eigenvalue weighted by molar-refractivity contribution is 0.0985. The third-order valence-corrected chi connectivity index (χ3v) is 7.56. The van der Waals surface area contributed by atoms with E-state index >= 15 is 0 Å². The molecule has 2 aliphatic heterocycles. The molecule has 1 saturated heterocycles. The van der Waals surface area contributed by atoms with E-state index < -0.39 is 10.0 Å². The first-order chi connectivity index (χ1) is 13.5. The van der Waals surface area contributed by atoms with Gasteiger partial charge in [0, 0.05) is 30.9 Å². The Morgan fingerprint density at radius 3 is 2.68 bits per heavy atom. The lowest BCUT2D eigenvalue weighted by Gasteiger charge is -2.31. The van der Waals surface area contributed by atoms with Crippen LogP contribution in [0.25, 0.3) is 0 Å². The summed E-state index contributed by atoms with van der Waals surface area (Å²) in [6, 6.07) is 14.4. The van der Waals surface area contributed by atoms with Gasteiger partial charge in [0.1, 0.15) is 0 Å². The van der Waals surface area contributed by atoms with Crippen molar-refractivity contribution < 1.29 is 13.2 Å². The highest BCUT2D eigenvalue weighted by Gasteiger charge is 2.30. The van der Waals surface area contributed by atoms with Crippen molar-refractivity contribution in [3.8, 4) is 0 Å². The van der Waals surface area contributed by atoms with Gasteiger partial charge in [-0.2, -0.15) is 4.31 Å². The number of hydrogen-bond donors (Lipinski definition) is 0. The van der Waals surface area contributed by atoms with Crippen LogP contribution in [-0.4, -0.2) is 38.3 Å². The van der Waals surface area contributed by atoms with E-state index in [-0.39, 0.29) is 10.8 Å². The second-order valence-corrected chi connectivity index (χ2v) is 9.77. The van der Waals surface area contributed by atoms with Crippen LogP contribution in [0.4, 0.5) is 5.69 Å². The Hall–Kier alpha value is -2.18. The van der Waals surface area contributed by atoms with E-state index in [2.05, 4.69) is 6.92 Å². The van der Waals surface area contributed by atoms with Gasteiger partial charge in [0.05, 0.1) is 4.90 Å². The van der Waals surface area contributed by atoms with Crippen LogP contribution in [0.2, 0.25) is 0 Å². The number of fused-ring (bicyclic) bond motifs is 1. The smallest absolute Gasteiger partial charge is 0.258 e. The van der Waals surface area contributed by atoms with Crippen LogP contribution in [0, 0.1) is 5.92 Å². The van der Waals surface area contributed by atoms with Crippen molar-refractivity contribution in [2.75, 3.05) is 24.5 Å². The van der Waals surface area contributed by atoms with Gasteiger partial charge in [-0.25, -0.2) is 8.42 Å². The molecule has 6 heteroatoms. The fourth-order valence-corrected chi connectivity index (χ4v) is 5.85. The minimum atomic E-state index is -3.58. The number of anilines is 1. The summed E-state index contributed by atoms with van der Waals surface area (Å²) in [7, 11) is -3.58. The molecule has 0 aliphatic carbocycles. The predicted molar refractivity (Wildman–Crippen MR) is 110 cm³/mol. The van der Waals surface area contributed by atoms with E-state index in [0.29, 0.717) is 31.1 Å². The molecule has 1 fully saturated rings. The average molecular weight is 399 g/mol. The summed E-state index contributed by atoms with van der Waals surface area (Å²) in [6.45, 7) is 3.82. The Labute approximate surface area is 167 Å². The number of aryl methyl sites for hydroxylation is 1. The number of rotatable bonds is 3. The van der Waals surface area contributed by atoms with Crippen LogP contribution < -0.4 is 4.90 Å². The largest absolute Gasteiger partial charge is 0.308 e. The third kappa shape index (κ3) is 3.59. The zero-order valence-electron chi connectivity index (χ0n) is 16.2. The van der Waals surface area contributed by atoms with Crippen LogP contribution >= 0.6 is 0 Å². The van der Waals surface area contributed by atoms with Crippen molar-refractivity contribution >= 4 is 21.6 Å². The summed E-state index contributed by atoms with van der Waals surface area (Å²) in [6.07, 6.45) is 3.80. The number of sulfonamides is 1. The summed E-state index contributed by atoms with van der Waals surface area (Å²) in [5, 5.41) is 0. The zero-order valence-corrected chi connectivity index (χ0v) is 17.0. The molecule has 5 nitrogen and oxygen atoms in total. The lowest BCUT2D eigenvalue weighted by Crippen LogP contribution is -2.39. The van der Waals surface area contributed by atoms with Crippen molar-refractivity contribution in [3.63, 3.8) is 0 Å². The van der Waals surface area contributed by atoms with E-state index in [1.807, 2.05) is 24.3 Å². The van der Waals surface area contributed by atoms with Crippen molar-refractivity contribution in [2.45, 2.75) is 37.5 Å². The third-order valence-electron chi connectivity index (χ3n) is 5.69. The second kappa shape index (κ2) is 7.68. The molecule has 0 spiro atoms. The van der Waals surface area contributed by atoms with Gasteiger partial charge < -0.3 is 4.90 Å². The molecule has 0 aromatic heterocycles. The molecule has 0 saturated carbocycles. The first-order valence-electron chi connectivity index (χ1n) is 9.97. The highest BCUT2D eigenvalue weighted by Crippen LogP contribution is 2.29. The summed E-state index contributed by atoms with van der Waals surface area (Å²) >= 11 is 0. The predicted octanol–water partition coefficient (Wildman–Crippen LogP) is 3.70. The topological polar surface area (TPSA) is 57.7 Å². The van der Waals surface area contributed by atoms with Crippen molar-refractivity contribution in [1.82, 2.24) is 4.31 Å². The molecule has 2 aromatic carbocycles. The van der Waals surface area contributed by atoms with Crippen LogP contribution in [0.15, 0.2) is 53.4 Å². The van der Waals surface area contributed by atoms with Gasteiger partial charge in [-0.05, 0) is 61.4 Å². The van der Waals surface area contributed by atoms with Crippen LogP contribution in [-0.2, 0) is 16.4 Å². The first kappa shape index (κ1) is 19.2. The maximum absolute atomic E-state index is 13.2. The normalized spacial score (nSPS) is 20.6. The van der Waals surface area contributed by atoms with E-state index in [9.17, 15) is 13.2 Å². The number of piperidine rings is 1. The van der Waals surface area contributed by atoms with Crippen molar-refractivity contribution in [1.29, 1.82) is 0 Å². The van der Waals surface area contributed by atoms with Gasteiger partial charge in [-0.1, -0.05) is 31.2 Å². The van der Waals surface area contributed by atoms with E-state index in [1.54, 1.807) is 27.4 Å². The Kier molecular flexibility index (Phi) is 5.25. The number of hydrogen-bond acceptors (Lipinski definition) is 3. The molecule has 1 atom stereocenters. The number of carbonyl (C=O) groups is 1. The number of benzene rings is 2. The minimum absolute atomic E-state index is 0.142. The lowest BCUT2D eigenvalue weighted by atomic mass is 10.0. The monoisotopic (exact) mass is 398 g/mol. The highest BCUT2D eigenvalue weighted by atomic mass is 32.2. The Bertz CT molecular complexity index is 987. The maximum Gasteiger partial charge on any atom is 0.258 e. The second-order valence-electron chi connectivity index (χ2n) is 7.83. The summed E-state index contributed by atoms with van der Waals surface area (Å²) in [4.78, 5) is 15.2. The SMILES string of the molecule is CC1CCCN(S(=O)(=O)c2cccc(C(=O)N3CCCc4ccccc43)c2)C1. The van der Waals surface area contributed by atoms with Crippen LogP contribution in [0.1, 0.15) is 42.1 Å². The molecule has 148 valence electrons. The average Bonchev–Trinajstić information content (AvgIpc) is 2.73. The molecular weight excluding hydrogens is 372 g/mol. The molecule has 28 heavy (non-hydrogen) atoms. The quantitative estimate of drug-likeness (QED) is 0.792. The number of carbonyl (C=O) groups excluding carboxylic acids is 1. The molecule has 2 heterocycles. The van der Waals surface area contributed by atoms with Gasteiger partial charge in [0.2, 0.25) is 10.0 Å². The van der Waals surface area contributed by atoms with Gasteiger partial charge >= 0.3 is 0 Å². The number of nitrogens with zero attached hydrogens (tertiary/aromatic N) is 2. The Morgan fingerprint density at radius 2 is 1.86 bits per heavy atom. The molecule has 1 amide bonds. The van der Waals surface area contributed by atoms with E-state index in [0.717, 1.165) is 36.9 Å². The molecular formula is C22H26N2O3S. The van der Waals surface area contributed by atoms with Crippen LogP contribution in [0.5, 0.6) is 0 Å². The van der Waals surface area contributed by atoms with E-state index in [1.165, 1.54) is 6.07 Å². The van der Waals surface area contributed by atoms with Gasteiger partial charge in [-0.3, -0.25) is 4.79 Å². The fourth-order valence-electron chi connectivity index (χ4n) is 4.20. The minimum Gasteiger partial charge on any atom is -0.308 e. The Balaban J connectivity index is 1.63. The van der Waals surface area contributed by atoms with E-state index in [4.69, 9.17) is 0 Å². The molecule has 4 rings (SSSR count). The molecule has 2 aliphatic rings. The standard InChI is InChI=1S/C22H26N2O3S/c1-17-7-5-13-23(16-17)28(26,27)20-11-4-9-19(15-20)22(25)24-14-6-10-18-8-2-3-12-21(18)24/h2-4,8-9,11-12,15,17H,5-7,10,13-14,16H2,1H3. The number of para-hydroxylation sites is 1. The maximum atomic E-state index is 13.2. The van der Waals surface area contributed by atoms with Gasteiger partial charge in [0.15, 0.2) is 0 Å². The van der Waals surface area contributed by atoms with Crippen molar-refractivity contribution in [2.24, 2.45) is 5.92 Å². The number of amides is 1. The highest BCUT2D eigenvalue weighted by molar-refractivity contribution is 7.89. The van der Waals surface area contributed by atoms with Gasteiger partial charge in [-0.15, -0.1) is 0 Å². The van der Waals surface area contributed by atoms with Crippen molar-refractivity contribution in [3.05, 3.63) is 59.7 Å². The Morgan fingerprint density at radius 1 is 1.04 bits per heavy atom. The molecule has 1 unspecified atom stereocenters. The molecule has 2 aromatic rings. The molecule has 0 bridgehead atoms. The molecule has 0 radical (unpaired) electrons. The first-order valence-corrected chi connectivity index (χ1v) is 11.4. The fraction of sp³-hybridized carbons (Fsp3) is 0.409.